The SMILES string of the molecule is CCC[CH2][Ge]([CH2]CCC)([CH2]CCC)[C](=O)c1ccccc1. The third-order valence-electron chi connectivity index (χ3n) is 4.54. The van der Waals surface area contributed by atoms with Crippen LogP contribution in [0, 0.1) is 0 Å². The summed E-state index contributed by atoms with van der Waals surface area (Å²) < 4.78 is 0.575. The normalized spacial score (nSPS) is 11.6. The van der Waals surface area contributed by atoms with Gasteiger partial charge in [0.05, 0.1) is 0 Å². The molecular formula is C19H32GeO. The number of carbonyl (C=O) groups excluding carboxylic acids is 1. The van der Waals surface area contributed by atoms with Crippen molar-refractivity contribution in [2.24, 2.45) is 0 Å². The molecule has 0 radical (unpaired) electrons. The summed E-state index contributed by atoms with van der Waals surface area (Å²) in [5, 5.41) is 3.72. The second-order valence-electron chi connectivity index (χ2n) is 6.29. The molecule has 1 rings (SSSR count). The van der Waals surface area contributed by atoms with Crippen LogP contribution in [0.1, 0.15) is 69.7 Å². The van der Waals surface area contributed by atoms with Gasteiger partial charge in [-0.25, -0.2) is 0 Å². The molecule has 0 saturated carbocycles. The van der Waals surface area contributed by atoms with E-state index in [-0.39, 0.29) is 0 Å². The van der Waals surface area contributed by atoms with E-state index < -0.39 is 13.3 Å². The molecule has 0 aliphatic heterocycles. The molecule has 0 fully saturated rings. The first-order valence-corrected chi connectivity index (χ1v) is 14.3. The molecule has 0 aromatic heterocycles. The van der Waals surface area contributed by atoms with Crippen LogP contribution in [-0.4, -0.2) is 17.9 Å². The first-order chi connectivity index (χ1) is 10.2. The Morgan fingerprint density at radius 3 is 1.62 bits per heavy atom. The first-order valence-electron chi connectivity index (χ1n) is 8.80. The summed E-state index contributed by atoms with van der Waals surface area (Å²) in [7, 11) is 0. The number of benzene rings is 1. The molecule has 0 heterocycles. The zero-order valence-corrected chi connectivity index (χ0v) is 16.3. The molecule has 21 heavy (non-hydrogen) atoms. The fraction of sp³-hybridized carbons (Fsp3) is 0.632. The molecule has 0 saturated heterocycles. The van der Waals surface area contributed by atoms with Crippen molar-refractivity contribution in [2.75, 3.05) is 0 Å². The van der Waals surface area contributed by atoms with E-state index in [4.69, 9.17) is 0 Å². The molecule has 0 bridgehead atoms. The van der Waals surface area contributed by atoms with Crippen LogP contribution in [-0.2, 0) is 0 Å². The van der Waals surface area contributed by atoms with Crippen molar-refractivity contribution in [1.29, 1.82) is 0 Å². The van der Waals surface area contributed by atoms with Gasteiger partial charge >= 0.3 is 134 Å². The maximum absolute atomic E-state index is 13.3. The second kappa shape index (κ2) is 10.2. The standard InChI is InChI=1S/C19H32GeO/c1-4-7-15-20(16-8-5-2,17-9-6-3)19(21)18-13-11-10-12-14-18/h10-14H,4-9,15-17H2,1-3H3. The quantitative estimate of drug-likeness (QED) is 0.431. The third kappa shape index (κ3) is 5.61. The number of carbonyl (C=O) groups is 1. The van der Waals surface area contributed by atoms with Crippen LogP contribution in [0.15, 0.2) is 30.3 Å². The van der Waals surface area contributed by atoms with Crippen molar-refractivity contribution in [3.63, 3.8) is 0 Å². The van der Waals surface area contributed by atoms with Crippen LogP contribution in [0.4, 0.5) is 0 Å². The zero-order valence-electron chi connectivity index (χ0n) is 14.2. The Balaban J connectivity index is 3.02. The van der Waals surface area contributed by atoms with Gasteiger partial charge in [-0.15, -0.1) is 0 Å². The molecule has 118 valence electrons. The van der Waals surface area contributed by atoms with Gasteiger partial charge in [0.15, 0.2) is 0 Å². The monoisotopic (exact) mass is 350 g/mol. The van der Waals surface area contributed by atoms with Gasteiger partial charge in [-0.1, -0.05) is 0 Å². The summed E-state index contributed by atoms with van der Waals surface area (Å²) in [6.07, 6.45) is 7.37. The number of hydrogen-bond acceptors (Lipinski definition) is 1. The van der Waals surface area contributed by atoms with Gasteiger partial charge in [-0.2, -0.15) is 0 Å². The molecule has 1 aromatic carbocycles. The molecule has 2 heteroatoms. The van der Waals surface area contributed by atoms with Gasteiger partial charge in [-0.05, 0) is 0 Å². The van der Waals surface area contributed by atoms with Gasteiger partial charge < -0.3 is 0 Å². The molecule has 0 atom stereocenters. The topological polar surface area (TPSA) is 17.1 Å². The van der Waals surface area contributed by atoms with Crippen molar-refractivity contribution in [3.8, 4) is 0 Å². The fourth-order valence-electron chi connectivity index (χ4n) is 3.16. The van der Waals surface area contributed by atoms with E-state index in [1.807, 2.05) is 30.3 Å². The molecule has 0 aliphatic carbocycles. The van der Waals surface area contributed by atoms with Gasteiger partial charge in [0.25, 0.3) is 0 Å². The van der Waals surface area contributed by atoms with E-state index in [9.17, 15) is 4.79 Å². The molecule has 0 N–H and O–H groups in total. The van der Waals surface area contributed by atoms with Crippen molar-refractivity contribution in [3.05, 3.63) is 35.9 Å². The number of rotatable bonds is 11. The summed E-state index contributed by atoms with van der Waals surface area (Å²) >= 11 is -2.44. The van der Waals surface area contributed by atoms with Crippen LogP contribution in [0.2, 0.25) is 15.8 Å². The van der Waals surface area contributed by atoms with E-state index in [0.717, 1.165) is 5.56 Å². The van der Waals surface area contributed by atoms with E-state index in [0.29, 0.717) is 4.62 Å². The summed E-state index contributed by atoms with van der Waals surface area (Å²) in [4.78, 5) is 13.3. The second-order valence-corrected chi connectivity index (χ2v) is 15.8. The fourth-order valence-corrected chi connectivity index (χ4v) is 14.3. The third-order valence-corrected chi connectivity index (χ3v) is 15.4. The van der Waals surface area contributed by atoms with Gasteiger partial charge in [-0.3, -0.25) is 0 Å². The average molecular weight is 349 g/mol. The van der Waals surface area contributed by atoms with Gasteiger partial charge in [0, 0.05) is 0 Å². The Morgan fingerprint density at radius 2 is 1.24 bits per heavy atom. The number of unbranched alkanes of at least 4 members (excludes halogenated alkanes) is 3. The van der Waals surface area contributed by atoms with Crippen molar-refractivity contribution < 1.29 is 4.79 Å². The Labute approximate surface area is 133 Å². The summed E-state index contributed by atoms with van der Waals surface area (Å²) in [5.41, 5.74) is 0.987. The molecular weight excluding hydrogens is 317 g/mol. The molecule has 1 nitrogen and oxygen atoms in total. The van der Waals surface area contributed by atoms with Gasteiger partial charge in [0.2, 0.25) is 0 Å². The van der Waals surface area contributed by atoms with Crippen LogP contribution < -0.4 is 0 Å². The van der Waals surface area contributed by atoms with Crippen molar-refractivity contribution in [2.45, 2.75) is 75.1 Å². The van der Waals surface area contributed by atoms with Crippen LogP contribution in [0.3, 0.4) is 0 Å². The Morgan fingerprint density at radius 1 is 0.810 bits per heavy atom. The molecule has 0 unspecified atom stereocenters. The Kier molecular flexibility index (Phi) is 8.98. The predicted octanol–water partition coefficient (Wildman–Crippen LogP) is 6.26. The van der Waals surface area contributed by atoms with E-state index in [2.05, 4.69) is 20.8 Å². The molecule has 0 spiro atoms. The van der Waals surface area contributed by atoms with Crippen molar-refractivity contribution in [1.82, 2.24) is 0 Å². The summed E-state index contributed by atoms with van der Waals surface area (Å²) in [6.45, 7) is 6.75. The Bertz CT molecular complexity index is 378. The van der Waals surface area contributed by atoms with Crippen LogP contribution in [0.5, 0.6) is 0 Å². The Hall–Kier alpha value is -0.567. The summed E-state index contributed by atoms with van der Waals surface area (Å²) in [6, 6.07) is 10.1. The molecule has 1 aromatic rings. The summed E-state index contributed by atoms with van der Waals surface area (Å²) in [5.74, 6) is 0. The molecule has 0 amide bonds. The predicted molar refractivity (Wildman–Crippen MR) is 95.7 cm³/mol. The van der Waals surface area contributed by atoms with Crippen LogP contribution in [0.25, 0.3) is 0 Å². The van der Waals surface area contributed by atoms with E-state index in [1.165, 1.54) is 54.3 Å². The average Bonchev–Trinajstić information content (AvgIpc) is 2.55. The van der Waals surface area contributed by atoms with Crippen molar-refractivity contribution >= 4 is 17.9 Å². The number of hydrogen-bond donors (Lipinski definition) is 0. The zero-order chi connectivity index (χ0) is 15.6. The minimum atomic E-state index is -2.44. The van der Waals surface area contributed by atoms with E-state index >= 15 is 0 Å². The molecule has 0 aliphatic rings. The van der Waals surface area contributed by atoms with Crippen LogP contribution >= 0.6 is 0 Å². The maximum atomic E-state index is 13.3. The first kappa shape index (κ1) is 18.5. The minimum absolute atomic E-state index is 0.575. The van der Waals surface area contributed by atoms with Gasteiger partial charge in [0.1, 0.15) is 0 Å². The van der Waals surface area contributed by atoms with E-state index in [1.54, 1.807) is 0 Å².